The van der Waals surface area contributed by atoms with Crippen LogP contribution in [0.15, 0.2) is 29.2 Å². The van der Waals surface area contributed by atoms with E-state index in [2.05, 4.69) is 0 Å². The van der Waals surface area contributed by atoms with Crippen LogP contribution in [0.25, 0.3) is 33.0 Å². The second-order valence-electron chi connectivity index (χ2n) is 7.78. The van der Waals surface area contributed by atoms with Gasteiger partial charge in [0.15, 0.2) is 0 Å². The molecule has 1 aliphatic carbocycles. The topological polar surface area (TPSA) is 0 Å². The highest BCUT2D eigenvalue weighted by Gasteiger charge is 2.70. The maximum atomic E-state index is 13.9. The van der Waals surface area contributed by atoms with Gasteiger partial charge in [-0.2, -0.15) is 13.2 Å². The van der Waals surface area contributed by atoms with Crippen LogP contribution in [0.1, 0.15) is 27.8 Å². The number of fused-ring (bicyclic) bond motifs is 3. The van der Waals surface area contributed by atoms with E-state index in [4.69, 9.17) is 0 Å². The van der Waals surface area contributed by atoms with Crippen molar-refractivity contribution in [1.29, 1.82) is 0 Å². The minimum absolute atomic E-state index is 0.0576. The summed E-state index contributed by atoms with van der Waals surface area (Å²) in [6.45, 7) is 4.78. The molecule has 0 unspecified atom stereocenters. The molecule has 1 aliphatic rings. The lowest BCUT2D eigenvalue weighted by atomic mass is 9.89. The number of benzene rings is 3. The van der Waals surface area contributed by atoms with Gasteiger partial charge in [-0.25, -0.2) is 0 Å². The van der Waals surface area contributed by atoms with Gasteiger partial charge in [-0.05, 0) is 83.0 Å². The van der Waals surface area contributed by atoms with Gasteiger partial charge in [0.2, 0.25) is 0 Å². The maximum Gasteiger partial charge on any atom is 0.418 e. The van der Waals surface area contributed by atoms with E-state index in [0.717, 1.165) is 6.92 Å². The molecule has 0 fully saturated rings. The molecule has 0 aromatic heterocycles. The first-order chi connectivity index (χ1) is 13.3. The predicted octanol–water partition coefficient (Wildman–Crippen LogP) is 9.40. The fourth-order valence-corrected chi connectivity index (χ4v) is 6.03. The molecule has 0 saturated heterocycles. The first-order valence-electron chi connectivity index (χ1n) is 8.86. The van der Waals surface area contributed by atoms with Crippen molar-refractivity contribution in [3.63, 3.8) is 0 Å². The zero-order valence-electron chi connectivity index (χ0n) is 16.2. The lowest BCUT2D eigenvalue weighted by molar-refractivity contribution is -0.140. The molecule has 0 amide bonds. The van der Waals surface area contributed by atoms with Crippen molar-refractivity contribution < 1.29 is 32.6 Å². The molecule has 4 rings (SSSR count). The molecule has 0 atom stereocenters. The summed E-state index contributed by atoms with van der Waals surface area (Å²) in [6, 6.07) is 6.71. The van der Waals surface area contributed by atoms with E-state index in [1.54, 1.807) is 38.1 Å². The van der Waals surface area contributed by atoms with Gasteiger partial charge in [0.25, 0.3) is 0 Å². The van der Waals surface area contributed by atoms with Crippen LogP contribution >= 0.6 is 10.2 Å². The molecule has 0 saturated carbocycles. The number of alkyl halides is 3. The first kappa shape index (κ1) is 21.0. The zero-order chi connectivity index (χ0) is 22.7. The quantitative estimate of drug-likeness (QED) is 0.252. The van der Waals surface area contributed by atoms with Gasteiger partial charge in [-0.3, -0.25) is 0 Å². The van der Waals surface area contributed by atoms with Crippen LogP contribution < -0.4 is 0 Å². The van der Waals surface area contributed by atoms with Crippen molar-refractivity contribution in [2.75, 3.05) is 0 Å². The highest BCUT2D eigenvalue weighted by atomic mass is 32.5. The third-order valence-electron chi connectivity index (χ3n) is 5.72. The molecule has 162 valence electrons. The Morgan fingerprint density at radius 3 is 1.47 bits per heavy atom. The van der Waals surface area contributed by atoms with Crippen LogP contribution in [0.4, 0.5) is 32.6 Å². The van der Waals surface area contributed by atoms with Gasteiger partial charge < -0.3 is 0 Å². The number of hydrogen-bond acceptors (Lipinski definition) is 0. The number of aryl methyl sites for hydroxylation is 2. The molecule has 3 aromatic rings. The van der Waals surface area contributed by atoms with Crippen LogP contribution in [-0.4, -0.2) is 0 Å². The van der Waals surface area contributed by atoms with Crippen LogP contribution in [0.2, 0.25) is 0 Å². The Hall–Kier alpha value is -2.29. The van der Waals surface area contributed by atoms with E-state index in [-0.39, 0.29) is 16.7 Å². The summed E-state index contributed by atoms with van der Waals surface area (Å²) in [6.07, 6.45) is -5.61. The highest BCUT2D eigenvalue weighted by Crippen LogP contribution is 3.03. The Balaban J connectivity index is 2.38. The third-order valence-corrected chi connectivity index (χ3v) is 7.00. The van der Waals surface area contributed by atoms with Crippen LogP contribution in [0, 0.1) is 27.7 Å². The van der Waals surface area contributed by atoms with Gasteiger partial charge in [0.05, 0.1) is 5.56 Å². The summed E-state index contributed by atoms with van der Waals surface area (Å²) in [5.41, 5.74) is -2.79. The molecule has 0 bridgehead atoms. The molecule has 30 heavy (non-hydrogen) atoms. The predicted molar refractivity (Wildman–Crippen MR) is 104 cm³/mol. The summed E-state index contributed by atoms with van der Waals surface area (Å²) in [4.78, 5) is -2.83. The Bertz CT molecular complexity index is 1280. The molecule has 9 heteroatoms. The number of rotatable bonds is 1. The van der Waals surface area contributed by atoms with Crippen LogP contribution in [0.5, 0.6) is 0 Å². The fraction of sp³-hybridized carbons (Fsp3) is 0.238. The van der Waals surface area contributed by atoms with Crippen LogP contribution in [-0.2, 0) is 6.18 Å². The maximum absolute atomic E-state index is 13.9. The minimum Gasteiger partial charge on any atom is -0.166 e. The SMILES string of the molecule is Cc1ccc2ccc(C)c3c2c1-c1c(C)c(C(F)(F)F)c(S(F)(F)(F)(F)F)c(C)c1-3. The van der Waals surface area contributed by atoms with E-state index >= 15 is 0 Å². The third kappa shape index (κ3) is 2.74. The Morgan fingerprint density at radius 2 is 1.07 bits per heavy atom. The monoisotopic (exact) mass is 452 g/mol. The largest absolute Gasteiger partial charge is 0.418 e. The molecular formula is C21H16F8S. The second kappa shape index (κ2) is 5.12. The number of hydrogen-bond donors (Lipinski definition) is 0. The molecule has 0 spiro atoms. The van der Waals surface area contributed by atoms with Gasteiger partial charge in [0, 0.05) is 0 Å². The van der Waals surface area contributed by atoms with Crippen molar-refractivity contribution in [3.05, 3.63) is 52.1 Å². The van der Waals surface area contributed by atoms with Crippen molar-refractivity contribution >= 4 is 21.0 Å². The van der Waals surface area contributed by atoms with Crippen molar-refractivity contribution in [2.45, 2.75) is 38.8 Å². The fourth-order valence-electron chi connectivity index (χ4n) is 4.69. The normalized spacial score (nSPS) is 15.9. The summed E-state index contributed by atoms with van der Waals surface area (Å²) in [7, 11) is -10.7. The molecule has 0 heterocycles. The van der Waals surface area contributed by atoms with E-state index < -0.39 is 38.0 Å². The minimum atomic E-state index is -10.7. The van der Waals surface area contributed by atoms with Gasteiger partial charge in [-0.1, -0.05) is 43.7 Å². The summed E-state index contributed by atoms with van der Waals surface area (Å²) in [5.74, 6) is 0. The van der Waals surface area contributed by atoms with E-state index in [9.17, 15) is 32.6 Å². The van der Waals surface area contributed by atoms with E-state index in [0.29, 0.717) is 34.4 Å². The summed E-state index contributed by atoms with van der Waals surface area (Å²) < 4.78 is 111. The highest BCUT2D eigenvalue weighted by molar-refractivity contribution is 8.45. The Morgan fingerprint density at radius 1 is 0.633 bits per heavy atom. The Kier molecular flexibility index (Phi) is 3.58. The molecule has 0 radical (unpaired) electrons. The molecule has 0 aliphatic heterocycles. The molecule has 0 nitrogen and oxygen atoms in total. The lowest BCUT2D eigenvalue weighted by Crippen LogP contribution is -2.20. The van der Waals surface area contributed by atoms with Gasteiger partial charge in [0.1, 0.15) is 4.90 Å². The molecular weight excluding hydrogens is 436 g/mol. The van der Waals surface area contributed by atoms with Crippen LogP contribution in [0.3, 0.4) is 0 Å². The summed E-state index contributed by atoms with van der Waals surface area (Å²) >= 11 is 0. The Labute approximate surface area is 167 Å². The average Bonchev–Trinajstić information content (AvgIpc) is 2.91. The standard InChI is InChI=1S/C21H16F8S/c1-9-5-7-13-8-6-10(2)15-17-12(4)20(30(25,26,27,28)29)19(21(22,23)24)11(3)16(17)14(9)18(13)15/h5-8H,1-4H3. The number of halogens is 8. The van der Waals surface area contributed by atoms with Gasteiger partial charge in [-0.15, -0.1) is 0 Å². The van der Waals surface area contributed by atoms with Crippen molar-refractivity contribution in [1.82, 2.24) is 0 Å². The van der Waals surface area contributed by atoms with E-state index in [1.807, 2.05) is 0 Å². The van der Waals surface area contributed by atoms with E-state index in [1.165, 1.54) is 0 Å². The van der Waals surface area contributed by atoms with Gasteiger partial charge >= 0.3 is 16.4 Å². The zero-order valence-corrected chi connectivity index (χ0v) is 17.1. The second-order valence-corrected chi connectivity index (χ2v) is 10.1. The summed E-state index contributed by atoms with van der Waals surface area (Å²) in [5, 5.41) is 1.11. The molecule has 0 N–H and O–H groups in total. The smallest absolute Gasteiger partial charge is 0.166 e. The van der Waals surface area contributed by atoms with Crippen molar-refractivity contribution in [3.8, 4) is 22.3 Å². The first-order valence-corrected chi connectivity index (χ1v) is 10.8. The average molecular weight is 452 g/mol. The molecule has 3 aromatic carbocycles. The lowest BCUT2D eigenvalue weighted by Gasteiger charge is -2.44. The van der Waals surface area contributed by atoms with Crippen molar-refractivity contribution in [2.24, 2.45) is 0 Å².